The van der Waals surface area contributed by atoms with Crippen molar-refractivity contribution in [2.24, 2.45) is 5.10 Å². The van der Waals surface area contributed by atoms with E-state index in [-0.39, 0.29) is 16.3 Å². The van der Waals surface area contributed by atoms with E-state index >= 15 is 0 Å². The van der Waals surface area contributed by atoms with Gasteiger partial charge in [0.15, 0.2) is 0 Å². The zero-order valence-electron chi connectivity index (χ0n) is 20.8. The van der Waals surface area contributed by atoms with Crippen LogP contribution < -0.4 is 5.01 Å². The maximum absolute atomic E-state index is 13.6. The Kier molecular flexibility index (Phi) is 9.03. The molecular weight excluding hydrogens is 591 g/mol. The number of hydrogen-bond acceptors (Lipinski definition) is 6. The number of carbonyl (C=O) groups excluding carboxylic acids is 1. The molecule has 7 nitrogen and oxygen atoms in total. The summed E-state index contributed by atoms with van der Waals surface area (Å²) in [5, 5.41) is 5.89. The van der Waals surface area contributed by atoms with E-state index in [1.807, 2.05) is 25.1 Å². The highest BCUT2D eigenvalue weighted by molar-refractivity contribution is 9.10. The Bertz CT molecular complexity index is 1560. The highest BCUT2D eigenvalue weighted by Crippen LogP contribution is 2.32. The summed E-state index contributed by atoms with van der Waals surface area (Å²) in [6, 6.07) is 17.2. The highest BCUT2D eigenvalue weighted by atomic mass is 79.9. The molecule has 0 saturated heterocycles. The number of thiazole rings is 1. The number of rotatable bonds is 10. The fourth-order valence-corrected chi connectivity index (χ4v) is 6.62. The normalized spacial score (nSPS) is 12.0. The SMILES string of the molecule is CCCCN(CC)S(=O)(=O)c1ccc(C(=O)N(/N=C/c2ccc(F)cc2)c2nc3ccc(Br)cc3s2)cc1. The van der Waals surface area contributed by atoms with Crippen LogP contribution in [0.15, 0.2) is 81.2 Å². The molecule has 11 heteroatoms. The number of hydrazone groups is 1. The Morgan fingerprint density at radius 3 is 2.45 bits per heavy atom. The lowest BCUT2D eigenvalue weighted by molar-refractivity contribution is 0.0987. The Labute approximate surface area is 233 Å². The average molecular weight is 618 g/mol. The molecule has 1 aromatic heterocycles. The molecule has 0 spiro atoms. The number of sulfonamides is 1. The topological polar surface area (TPSA) is 82.9 Å². The fourth-order valence-electron chi connectivity index (χ4n) is 3.66. The van der Waals surface area contributed by atoms with Crippen LogP contribution >= 0.6 is 27.3 Å². The lowest BCUT2D eigenvalue weighted by Crippen LogP contribution is -2.32. The first-order valence-corrected chi connectivity index (χ1v) is 15.1. The fraction of sp³-hybridized carbons (Fsp3) is 0.222. The van der Waals surface area contributed by atoms with E-state index in [9.17, 15) is 17.6 Å². The average Bonchev–Trinajstić information content (AvgIpc) is 3.33. The Morgan fingerprint density at radius 1 is 1.08 bits per heavy atom. The van der Waals surface area contributed by atoms with Crippen molar-refractivity contribution in [1.82, 2.24) is 9.29 Å². The number of carbonyl (C=O) groups is 1. The number of benzene rings is 3. The van der Waals surface area contributed by atoms with Crippen LogP contribution in [0.1, 0.15) is 42.6 Å². The van der Waals surface area contributed by atoms with E-state index in [4.69, 9.17) is 0 Å². The first-order valence-electron chi connectivity index (χ1n) is 12.0. The molecule has 0 N–H and O–H groups in total. The minimum absolute atomic E-state index is 0.123. The van der Waals surface area contributed by atoms with Crippen LogP contribution in [0.2, 0.25) is 0 Å². The van der Waals surface area contributed by atoms with Crippen molar-refractivity contribution < 1.29 is 17.6 Å². The number of hydrogen-bond donors (Lipinski definition) is 0. The van der Waals surface area contributed by atoms with Gasteiger partial charge in [-0.1, -0.05) is 59.7 Å². The third-order valence-electron chi connectivity index (χ3n) is 5.76. The standard InChI is InChI=1S/C27H26BrFN4O3S2/c1-3-5-16-32(4-2)38(35,36)23-13-8-20(9-14-23)26(34)33(30-18-19-6-11-22(29)12-7-19)27-31-24-15-10-21(28)17-25(24)37-27/h6-15,17-18H,3-5,16H2,1-2H3/b30-18+. The highest BCUT2D eigenvalue weighted by Gasteiger charge is 2.25. The van der Waals surface area contributed by atoms with Crippen LogP contribution in [0.5, 0.6) is 0 Å². The van der Waals surface area contributed by atoms with E-state index in [1.54, 1.807) is 19.1 Å². The number of amides is 1. The van der Waals surface area contributed by atoms with Gasteiger partial charge in [-0.15, -0.1) is 0 Å². The van der Waals surface area contributed by atoms with E-state index in [0.29, 0.717) is 29.3 Å². The van der Waals surface area contributed by atoms with Crippen molar-refractivity contribution in [3.8, 4) is 0 Å². The lowest BCUT2D eigenvalue weighted by atomic mass is 10.2. The number of halogens is 2. The summed E-state index contributed by atoms with van der Waals surface area (Å²) in [4.78, 5) is 18.3. The zero-order chi connectivity index (χ0) is 27.3. The van der Waals surface area contributed by atoms with Crippen molar-refractivity contribution in [1.29, 1.82) is 0 Å². The van der Waals surface area contributed by atoms with Gasteiger partial charge in [0.05, 0.1) is 21.3 Å². The second-order valence-electron chi connectivity index (χ2n) is 8.40. The zero-order valence-corrected chi connectivity index (χ0v) is 24.1. The molecule has 0 radical (unpaired) electrons. The predicted molar refractivity (Wildman–Crippen MR) is 154 cm³/mol. The smallest absolute Gasteiger partial charge is 0.267 e. The quantitative estimate of drug-likeness (QED) is 0.147. The molecule has 4 rings (SSSR count). The molecule has 3 aromatic carbocycles. The van der Waals surface area contributed by atoms with E-state index in [1.165, 1.54) is 63.3 Å². The van der Waals surface area contributed by atoms with Crippen LogP contribution in [-0.2, 0) is 10.0 Å². The number of anilines is 1. The molecular formula is C27H26BrFN4O3S2. The maximum Gasteiger partial charge on any atom is 0.280 e. The second kappa shape index (κ2) is 12.2. The number of nitrogens with zero attached hydrogens (tertiary/aromatic N) is 4. The van der Waals surface area contributed by atoms with E-state index in [0.717, 1.165) is 22.0 Å². The van der Waals surface area contributed by atoms with Gasteiger partial charge in [-0.25, -0.2) is 17.8 Å². The van der Waals surface area contributed by atoms with Crippen molar-refractivity contribution in [3.63, 3.8) is 0 Å². The Hall–Kier alpha value is -2.99. The van der Waals surface area contributed by atoms with Gasteiger partial charge in [-0.2, -0.15) is 14.4 Å². The summed E-state index contributed by atoms with van der Waals surface area (Å²) in [5.41, 5.74) is 1.55. The number of fused-ring (bicyclic) bond motifs is 1. The molecule has 198 valence electrons. The van der Waals surface area contributed by atoms with Crippen LogP contribution in [-0.4, -0.2) is 42.9 Å². The summed E-state index contributed by atoms with van der Waals surface area (Å²) in [6.07, 6.45) is 3.10. The Morgan fingerprint density at radius 2 is 1.79 bits per heavy atom. The third kappa shape index (κ3) is 6.35. The van der Waals surface area contributed by atoms with Gasteiger partial charge in [0.25, 0.3) is 5.91 Å². The van der Waals surface area contributed by atoms with E-state index < -0.39 is 15.9 Å². The minimum atomic E-state index is -3.68. The molecule has 0 bridgehead atoms. The van der Waals surface area contributed by atoms with Gasteiger partial charge < -0.3 is 0 Å². The maximum atomic E-state index is 13.6. The summed E-state index contributed by atoms with van der Waals surface area (Å²) in [5.74, 6) is -0.859. The molecule has 0 saturated carbocycles. The second-order valence-corrected chi connectivity index (χ2v) is 12.3. The number of aromatic nitrogens is 1. The summed E-state index contributed by atoms with van der Waals surface area (Å²) >= 11 is 4.74. The van der Waals surface area contributed by atoms with Crippen LogP contribution in [0.25, 0.3) is 10.2 Å². The van der Waals surface area contributed by atoms with Crippen molar-refractivity contribution in [2.75, 3.05) is 18.1 Å². The van der Waals surface area contributed by atoms with E-state index in [2.05, 4.69) is 26.0 Å². The molecule has 0 atom stereocenters. The van der Waals surface area contributed by atoms with Gasteiger partial charge in [0.1, 0.15) is 5.82 Å². The van der Waals surface area contributed by atoms with Gasteiger partial charge in [-0.05, 0) is 66.6 Å². The number of unbranched alkanes of at least 4 members (excludes halogenated alkanes) is 1. The predicted octanol–water partition coefficient (Wildman–Crippen LogP) is 6.69. The van der Waals surface area contributed by atoms with Crippen LogP contribution in [0.3, 0.4) is 0 Å². The minimum Gasteiger partial charge on any atom is -0.267 e. The van der Waals surface area contributed by atoms with Crippen molar-refractivity contribution in [2.45, 2.75) is 31.6 Å². The largest absolute Gasteiger partial charge is 0.280 e. The molecule has 0 fully saturated rings. The third-order valence-corrected chi connectivity index (χ3v) is 9.23. The molecule has 1 heterocycles. The summed E-state index contributed by atoms with van der Waals surface area (Å²) in [6.45, 7) is 4.62. The van der Waals surface area contributed by atoms with Crippen LogP contribution in [0.4, 0.5) is 9.52 Å². The first kappa shape index (κ1) is 28.0. The van der Waals surface area contributed by atoms with Gasteiger partial charge in [0.2, 0.25) is 15.2 Å². The Balaban J connectivity index is 1.68. The molecule has 1 amide bonds. The van der Waals surface area contributed by atoms with Gasteiger partial charge >= 0.3 is 0 Å². The van der Waals surface area contributed by atoms with Crippen molar-refractivity contribution >= 4 is 64.8 Å². The van der Waals surface area contributed by atoms with Crippen molar-refractivity contribution in [3.05, 3.63) is 88.1 Å². The summed E-state index contributed by atoms with van der Waals surface area (Å²) < 4.78 is 42.7. The molecule has 0 aliphatic rings. The van der Waals surface area contributed by atoms with Gasteiger partial charge in [0, 0.05) is 23.1 Å². The molecule has 38 heavy (non-hydrogen) atoms. The molecule has 4 aromatic rings. The molecule has 0 aliphatic carbocycles. The summed E-state index contributed by atoms with van der Waals surface area (Å²) in [7, 11) is -3.68. The van der Waals surface area contributed by atoms with Gasteiger partial charge in [-0.3, -0.25) is 4.79 Å². The monoisotopic (exact) mass is 616 g/mol. The van der Waals surface area contributed by atoms with Crippen LogP contribution in [0, 0.1) is 5.82 Å². The lowest BCUT2D eigenvalue weighted by Gasteiger charge is -2.20. The molecule has 0 unspecified atom stereocenters. The first-order chi connectivity index (χ1) is 18.2. The molecule has 0 aliphatic heterocycles.